The topological polar surface area (TPSA) is 57.6 Å². The number of benzene rings is 1. The van der Waals surface area contributed by atoms with Crippen molar-refractivity contribution in [3.63, 3.8) is 0 Å². The molecule has 90 valence electrons. The van der Waals surface area contributed by atoms with Gasteiger partial charge in [0.15, 0.2) is 0 Å². The maximum Gasteiger partial charge on any atom is 0.326 e. The number of nitrogens with zero attached hydrogens (tertiary/aromatic N) is 1. The fourth-order valence-electron chi connectivity index (χ4n) is 2.02. The van der Waals surface area contributed by atoms with E-state index in [0.717, 1.165) is 10.0 Å². The van der Waals surface area contributed by atoms with Gasteiger partial charge in [-0.25, -0.2) is 4.79 Å². The third-order valence-corrected chi connectivity index (χ3v) is 3.35. The minimum absolute atomic E-state index is 0.0858. The second-order valence-electron chi connectivity index (χ2n) is 4.04. The first-order chi connectivity index (χ1) is 8.08. The first-order valence-electron chi connectivity index (χ1n) is 5.34. The molecule has 1 saturated heterocycles. The molecule has 1 unspecified atom stereocenters. The van der Waals surface area contributed by atoms with E-state index in [2.05, 4.69) is 15.9 Å². The highest BCUT2D eigenvalue weighted by molar-refractivity contribution is 9.10. The molecule has 1 aromatic carbocycles. The molecule has 4 nitrogen and oxygen atoms in total. The molecule has 0 bridgehead atoms. The van der Waals surface area contributed by atoms with Crippen LogP contribution in [0.4, 0.5) is 0 Å². The minimum Gasteiger partial charge on any atom is -0.480 e. The number of halogens is 1. The van der Waals surface area contributed by atoms with Crippen molar-refractivity contribution >= 4 is 27.8 Å². The molecule has 1 atom stereocenters. The average molecular weight is 298 g/mol. The molecule has 0 spiro atoms. The van der Waals surface area contributed by atoms with E-state index < -0.39 is 12.0 Å². The lowest BCUT2D eigenvalue weighted by Crippen LogP contribution is -2.37. The van der Waals surface area contributed by atoms with E-state index in [1.807, 2.05) is 24.3 Å². The van der Waals surface area contributed by atoms with Gasteiger partial charge in [-0.05, 0) is 24.1 Å². The van der Waals surface area contributed by atoms with Crippen LogP contribution in [-0.2, 0) is 16.1 Å². The van der Waals surface area contributed by atoms with E-state index in [9.17, 15) is 9.59 Å². The van der Waals surface area contributed by atoms with Crippen molar-refractivity contribution in [3.05, 3.63) is 34.3 Å². The lowest BCUT2D eigenvalue weighted by atomic mass is 10.2. The maximum absolute atomic E-state index is 11.6. The summed E-state index contributed by atoms with van der Waals surface area (Å²) in [7, 11) is 0. The Labute approximate surface area is 107 Å². The van der Waals surface area contributed by atoms with Crippen LogP contribution < -0.4 is 0 Å². The Morgan fingerprint density at radius 3 is 2.94 bits per heavy atom. The van der Waals surface area contributed by atoms with Crippen molar-refractivity contribution in [1.82, 2.24) is 4.90 Å². The Kier molecular flexibility index (Phi) is 3.47. The Hall–Kier alpha value is -1.36. The number of amides is 1. The zero-order valence-electron chi connectivity index (χ0n) is 9.10. The van der Waals surface area contributed by atoms with Crippen LogP contribution in [0.3, 0.4) is 0 Å². The Balaban J connectivity index is 2.16. The monoisotopic (exact) mass is 297 g/mol. The molecule has 5 heteroatoms. The van der Waals surface area contributed by atoms with E-state index >= 15 is 0 Å². The first kappa shape index (κ1) is 12.1. The van der Waals surface area contributed by atoms with Crippen LogP contribution >= 0.6 is 15.9 Å². The van der Waals surface area contributed by atoms with Gasteiger partial charge in [0, 0.05) is 17.4 Å². The molecule has 1 amide bonds. The standard InChI is InChI=1S/C12H12BrNO3/c13-9-3-1-2-8(6-9)7-14-10(12(16)17)4-5-11(14)15/h1-3,6,10H,4-5,7H2,(H,16,17). The number of hydrogen-bond donors (Lipinski definition) is 1. The van der Waals surface area contributed by atoms with Crippen molar-refractivity contribution in [2.45, 2.75) is 25.4 Å². The lowest BCUT2D eigenvalue weighted by Gasteiger charge is -2.21. The zero-order valence-corrected chi connectivity index (χ0v) is 10.7. The van der Waals surface area contributed by atoms with Crippen molar-refractivity contribution < 1.29 is 14.7 Å². The fourth-order valence-corrected chi connectivity index (χ4v) is 2.47. The number of carboxylic acids is 1. The Morgan fingerprint density at radius 1 is 1.53 bits per heavy atom. The summed E-state index contributed by atoms with van der Waals surface area (Å²) in [6, 6.07) is 6.86. The molecule has 1 aromatic rings. The van der Waals surface area contributed by atoms with E-state index in [-0.39, 0.29) is 5.91 Å². The number of carbonyl (C=O) groups excluding carboxylic acids is 1. The second kappa shape index (κ2) is 4.87. The zero-order chi connectivity index (χ0) is 12.4. The van der Waals surface area contributed by atoms with Gasteiger partial charge in [-0.3, -0.25) is 4.79 Å². The average Bonchev–Trinajstić information content (AvgIpc) is 2.61. The number of hydrogen-bond acceptors (Lipinski definition) is 2. The highest BCUT2D eigenvalue weighted by Crippen LogP contribution is 2.22. The van der Waals surface area contributed by atoms with Gasteiger partial charge in [-0.2, -0.15) is 0 Å². The SMILES string of the molecule is O=C(O)C1CCC(=O)N1Cc1cccc(Br)c1. The van der Waals surface area contributed by atoms with E-state index in [1.165, 1.54) is 4.90 Å². The molecular formula is C12H12BrNO3. The van der Waals surface area contributed by atoms with Crippen LogP contribution in [0, 0.1) is 0 Å². The molecule has 1 aliphatic heterocycles. The summed E-state index contributed by atoms with van der Waals surface area (Å²) in [5, 5.41) is 9.03. The highest BCUT2D eigenvalue weighted by atomic mass is 79.9. The van der Waals surface area contributed by atoms with Crippen LogP contribution in [0.2, 0.25) is 0 Å². The summed E-state index contributed by atoms with van der Waals surface area (Å²) in [6.45, 7) is 0.356. The van der Waals surface area contributed by atoms with Gasteiger partial charge >= 0.3 is 5.97 Å². The van der Waals surface area contributed by atoms with Crippen LogP contribution in [-0.4, -0.2) is 27.9 Å². The van der Waals surface area contributed by atoms with Crippen molar-refractivity contribution in [1.29, 1.82) is 0 Å². The first-order valence-corrected chi connectivity index (χ1v) is 6.14. The summed E-state index contributed by atoms with van der Waals surface area (Å²) >= 11 is 3.35. The van der Waals surface area contributed by atoms with Crippen molar-refractivity contribution in [2.75, 3.05) is 0 Å². The van der Waals surface area contributed by atoms with Gasteiger partial charge in [0.25, 0.3) is 0 Å². The largest absolute Gasteiger partial charge is 0.480 e. The third kappa shape index (κ3) is 2.66. The van der Waals surface area contributed by atoms with E-state index in [1.54, 1.807) is 0 Å². The summed E-state index contributed by atoms with van der Waals surface area (Å²) in [5.74, 6) is -1.01. The summed E-state index contributed by atoms with van der Waals surface area (Å²) in [6.07, 6.45) is 0.729. The van der Waals surface area contributed by atoms with Crippen LogP contribution in [0.1, 0.15) is 18.4 Å². The van der Waals surface area contributed by atoms with Gasteiger partial charge in [-0.1, -0.05) is 28.1 Å². The van der Waals surface area contributed by atoms with Crippen molar-refractivity contribution in [2.24, 2.45) is 0 Å². The highest BCUT2D eigenvalue weighted by Gasteiger charge is 2.35. The summed E-state index contributed by atoms with van der Waals surface area (Å²) in [5.41, 5.74) is 0.931. The van der Waals surface area contributed by atoms with Gasteiger partial charge in [0.1, 0.15) is 6.04 Å². The van der Waals surface area contributed by atoms with Gasteiger partial charge in [-0.15, -0.1) is 0 Å². The molecule has 0 aliphatic carbocycles. The lowest BCUT2D eigenvalue weighted by molar-refractivity contribution is -0.146. The molecule has 0 saturated carbocycles. The second-order valence-corrected chi connectivity index (χ2v) is 4.96. The molecule has 17 heavy (non-hydrogen) atoms. The van der Waals surface area contributed by atoms with Gasteiger partial charge in [0.05, 0.1) is 0 Å². The minimum atomic E-state index is -0.925. The number of rotatable bonds is 3. The normalized spacial score (nSPS) is 19.7. The molecule has 1 aliphatic rings. The number of carbonyl (C=O) groups is 2. The Morgan fingerprint density at radius 2 is 2.29 bits per heavy atom. The summed E-state index contributed by atoms with van der Waals surface area (Å²) in [4.78, 5) is 24.1. The number of likely N-dealkylation sites (tertiary alicyclic amines) is 1. The smallest absolute Gasteiger partial charge is 0.326 e. The molecule has 1 heterocycles. The van der Waals surface area contributed by atoms with E-state index in [0.29, 0.717) is 19.4 Å². The van der Waals surface area contributed by atoms with Crippen LogP contribution in [0.5, 0.6) is 0 Å². The molecule has 0 radical (unpaired) electrons. The predicted octanol–water partition coefficient (Wildman–Crippen LogP) is 2.02. The van der Waals surface area contributed by atoms with Gasteiger partial charge in [0.2, 0.25) is 5.91 Å². The number of carboxylic acid groups (broad SMARTS) is 1. The quantitative estimate of drug-likeness (QED) is 0.929. The maximum atomic E-state index is 11.6. The van der Waals surface area contributed by atoms with Gasteiger partial charge < -0.3 is 10.0 Å². The molecule has 1 N–H and O–H groups in total. The third-order valence-electron chi connectivity index (χ3n) is 2.86. The molecule has 1 fully saturated rings. The predicted molar refractivity (Wildman–Crippen MR) is 65.3 cm³/mol. The van der Waals surface area contributed by atoms with Crippen LogP contribution in [0.25, 0.3) is 0 Å². The van der Waals surface area contributed by atoms with Crippen LogP contribution in [0.15, 0.2) is 28.7 Å². The molecule has 2 rings (SSSR count). The van der Waals surface area contributed by atoms with Crippen molar-refractivity contribution in [3.8, 4) is 0 Å². The molecular weight excluding hydrogens is 286 g/mol. The molecule has 0 aromatic heterocycles. The summed E-state index contributed by atoms with van der Waals surface area (Å²) < 4.78 is 0.925. The number of aliphatic carboxylic acids is 1. The Bertz CT molecular complexity index is 461. The van der Waals surface area contributed by atoms with E-state index in [4.69, 9.17) is 5.11 Å². The fraction of sp³-hybridized carbons (Fsp3) is 0.333.